The van der Waals surface area contributed by atoms with Crippen LogP contribution in [0.3, 0.4) is 0 Å². The predicted octanol–water partition coefficient (Wildman–Crippen LogP) is 4.58. The Bertz CT molecular complexity index is 1010. The molecule has 1 aliphatic carbocycles. The number of benzene rings is 1. The van der Waals surface area contributed by atoms with E-state index in [1.807, 2.05) is 20.8 Å². The first-order valence-electron chi connectivity index (χ1n) is 9.53. The van der Waals surface area contributed by atoms with Crippen LogP contribution in [0.15, 0.2) is 34.0 Å². The van der Waals surface area contributed by atoms with Crippen molar-refractivity contribution in [3.8, 4) is 11.5 Å². The minimum absolute atomic E-state index is 0.0861. The molecule has 1 aliphatic heterocycles. The maximum absolute atomic E-state index is 13.2. The number of aromatic hydroxyl groups is 2. The lowest BCUT2D eigenvalue weighted by molar-refractivity contribution is -0.118. The topological polar surface area (TPSA) is 95.6 Å². The molecule has 6 heteroatoms. The Morgan fingerprint density at radius 1 is 1.18 bits per heavy atom. The van der Waals surface area contributed by atoms with E-state index in [-0.39, 0.29) is 28.1 Å². The Labute approximate surface area is 164 Å². The van der Waals surface area contributed by atoms with Crippen LogP contribution in [-0.4, -0.2) is 21.2 Å². The Balaban J connectivity index is 1.98. The highest BCUT2D eigenvalue weighted by molar-refractivity contribution is 6.01. The summed E-state index contributed by atoms with van der Waals surface area (Å²) in [5, 5.41) is 27.5. The number of fused-ring (bicyclic) bond motifs is 1. The summed E-state index contributed by atoms with van der Waals surface area (Å²) in [5.74, 6) is -0.168. The maximum Gasteiger partial charge on any atom is 0.233 e. The molecule has 28 heavy (non-hydrogen) atoms. The van der Waals surface area contributed by atoms with Gasteiger partial charge in [-0.25, -0.2) is 0 Å². The van der Waals surface area contributed by atoms with Crippen molar-refractivity contribution in [2.75, 3.05) is 5.32 Å². The average molecular weight is 382 g/mol. The van der Waals surface area contributed by atoms with Gasteiger partial charge < -0.3 is 20.1 Å². The molecule has 0 spiro atoms. The third-order valence-electron chi connectivity index (χ3n) is 5.53. The van der Waals surface area contributed by atoms with Gasteiger partial charge in [-0.2, -0.15) is 0 Å². The minimum Gasteiger partial charge on any atom is -0.504 e. The monoisotopic (exact) mass is 382 g/mol. The lowest BCUT2D eigenvalue weighted by Gasteiger charge is -2.38. The van der Waals surface area contributed by atoms with E-state index in [4.69, 9.17) is 4.52 Å². The second kappa shape index (κ2) is 5.87. The van der Waals surface area contributed by atoms with Crippen LogP contribution in [0.25, 0.3) is 0 Å². The molecule has 0 amide bonds. The normalized spacial score (nSPS) is 21.2. The first-order valence-corrected chi connectivity index (χ1v) is 9.53. The fourth-order valence-corrected chi connectivity index (χ4v) is 4.31. The summed E-state index contributed by atoms with van der Waals surface area (Å²) < 4.78 is 5.65. The summed E-state index contributed by atoms with van der Waals surface area (Å²) in [4.78, 5) is 13.2. The van der Waals surface area contributed by atoms with Gasteiger partial charge in [0.15, 0.2) is 17.3 Å². The number of phenols is 2. The summed E-state index contributed by atoms with van der Waals surface area (Å²) in [6.45, 7) is 10.3. The van der Waals surface area contributed by atoms with Gasteiger partial charge in [0.25, 0.3) is 0 Å². The van der Waals surface area contributed by atoms with Crippen LogP contribution in [0.1, 0.15) is 70.2 Å². The molecule has 0 bridgehead atoms. The number of carbonyl (C=O) groups excluding carboxylic acids is 1. The van der Waals surface area contributed by atoms with E-state index < -0.39 is 5.92 Å². The van der Waals surface area contributed by atoms with Crippen molar-refractivity contribution in [1.82, 2.24) is 5.16 Å². The van der Waals surface area contributed by atoms with Crippen molar-refractivity contribution in [2.45, 2.75) is 58.8 Å². The van der Waals surface area contributed by atoms with E-state index in [1.54, 1.807) is 6.07 Å². The highest BCUT2D eigenvalue weighted by Gasteiger charge is 2.44. The fourth-order valence-electron chi connectivity index (χ4n) is 4.31. The van der Waals surface area contributed by atoms with E-state index in [2.05, 4.69) is 24.3 Å². The number of hydrogen-bond donors (Lipinski definition) is 3. The largest absolute Gasteiger partial charge is 0.504 e. The smallest absolute Gasteiger partial charge is 0.233 e. The second-order valence-electron chi connectivity index (χ2n) is 9.66. The summed E-state index contributed by atoms with van der Waals surface area (Å²) >= 11 is 0. The van der Waals surface area contributed by atoms with E-state index in [0.29, 0.717) is 17.9 Å². The third-order valence-corrected chi connectivity index (χ3v) is 5.53. The minimum atomic E-state index is -0.401. The number of phenolic OH excluding ortho intramolecular Hbond substituents is 2. The van der Waals surface area contributed by atoms with Gasteiger partial charge >= 0.3 is 0 Å². The summed E-state index contributed by atoms with van der Waals surface area (Å²) in [7, 11) is 0. The van der Waals surface area contributed by atoms with Crippen LogP contribution in [0.5, 0.6) is 11.5 Å². The standard InChI is InChI=1S/C22H26N2O4/c1-21(2,3)19-18-16(11-6-7-13(25)14(26)8-11)17-12(23-20(18)28-24-19)9-22(4,5)10-15(17)27/h6-8,16,23,25-26H,9-10H2,1-5H3/t16-/m1/s1. The first-order chi connectivity index (χ1) is 13.0. The molecule has 0 fully saturated rings. The van der Waals surface area contributed by atoms with Gasteiger partial charge in [-0.15, -0.1) is 0 Å². The van der Waals surface area contributed by atoms with Crippen molar-refractivity contribution in [3.05, 3.63) is 46.3 Å². The molecule has 6 nitrogen and oxygen atoms in total. The molecular weight excluding hydrogens is 356 g/mol. The second-order valence-corrected chi connectivity index (χ2v) is 9.66. The zero-order valence-electron chi connectivity index (χ0n) is 16.9. The molecule has 0 unspecified atom stereocenters. The molecule has 4 rings (SSSR count). The van der Waals surface area contributed by atoms with Gasteiger partial charge in [0.2, 0.25) is 5.88 Å². The molecule has 0 saturated heterocycles. The number of Topliss-reactive ketones (excluding diaryl/α,β-unsaturated/α-hetero) is 1. The molecular formula is C22H26N2O4. The SMILES string of the molecule is CC1(C)CC(=O)C2=C(C1)Nc1onc(C(C)(C)C)c1[C@@H]2c1ccc(O)c(O)c1. The number of allylic oxidation sites excluding steroid dienone is 2. The summed E-state index contributed by atoms with van der Waals surface area (Å²) in [6, 6.07) is 4.71. The summed E-state index contributed by atoms with van der Waals surface area (Å²) in [6.07, 6.45) is 1.18. The average Bonchev–Trinajstić information content (AvgIpc) is 2.98. The molecule has 3 N–H and O–H groups in total. The molecule has 148 valence electrons. The Morgan fingerprint density at radius 2 is 1.89 bits per heavy atom. The Morgan fingerprint density at radius 3 is 2.54 bits per heavy atom. The van der Waals surface area contributed by atoms with Crippen molar-refractivity contribution in [3.63, 3.8) is 0 Å². The van der Waals surface area contributed by atoms with Crippen LogP contribution in [0.4, 0.5) is 5.88 Å². The lowest BCUT2D eigenvalue weighted by atomic mass is 9.68. The van der Waals surface area contributed by atoms with Gasteiger partial charge in [-0.05, 0) is 29.5 Å². The van der Waals surface area contributed by atoms with Crippen molar-refractivity contribution >= 4 is 11.7 Å². The van der Waals surface area contributed by atoms with Gasteiger partial charge in [0.1, 0.15) is 0 Å². The number of nitrogens with one attached hydrogen (secondary N) is 1. The molecule has 0 saturated carbocycles. The van der Waals surface area contributed by atoms with E-state index >= 15 is 0 Å². The van der Waals surface area contributed by atoms with Crippen LogP contribution >= 0.6 is 0 Å². The quantitative estimate of drug-likeness (QED) is 0.625. The molecule has 1 aromatic heterocycles. The molecule has 1 atom stereocenters. The van der Waals surface area contributed by atoms with E-state index in [9.17, 15) is 15.0 Å². The van der Waals surface area contributed by atoms with Crippen molar-refractivity contribution < 1.29 is 19.5 Å². The number of rotatable bonds is 1. The number of anilines is 1. The maximum atomic E-state index is 13.2. The molecule has 2 aliphatic rings. The molecule has 1 aromatic carbocycles. The van der Waals surface area contributed by atoms with Crippen molar-refractivity contribution in [1.29, 1.82) is 0 Å². The third kappa shape index (κ3) is 2.87. The lowest BCUT2D eigenvalue weighted by Crippen LogP contribution is -2.34. The van der Waals surface area contributed by atoms with Crippen LogP contribution in [0, 0.1) is 5.41 Å². The zero-order valence-corrected chi connectivity index (χ0v) is 16.9. The molecule has 2 aromatic rings. The Kier molecular flexibility index (Phi) is 3.90. The number of ketones is 1. The number of aromatic nitrogens is 1. The van der Waals surface area contributed by atoms with Gasteiger partial charge in [0.05, 0.1) is 11.3 Å². The fraction of sp³-hybridized carbons (Fsp3) is 0.455. The number of hydrogen-bond acceptors (Lipinski definition) is 6. The first kappa shape index (κ1) is 18.6. The zero-order chi connectivity index (χ0) is 20.4. The highest BCUT2D eigenvalue weighted by atomic mass is 16.5. The number of nitrogens with zero attached hydrogens (tertiary/aromatic N) is 1. The van der Waals surface area contributed by atoms with Crippen LogP contribution in [0.2, 0.25) is 0 Å². The van der Waals surface area contributed by atoms with Gasteiger partial charge in [-0.1, -0.05) is 45.8 Å². The summed E-state index contributed by atoms with van der Waals surface area (Å²) in [5.41, 5.74) is 3.45. The van der Waals surface area contributed by atoms with Crippen LogP contribution in [-0.2, 0) is 10.2 Å². The highest BCUT2D eigenvalue weighted by Crippen LogP contribution is 2.52. The van der Waals surface area contributed by atoms with E-state index in [1.165, 1.54) is 12.1 Å². The molecule has 0 radical (unpaired) electrons. The van der Waals surface area contributed by atoms with Crippen molar-refractivity contribution in [2.24, 2.45) is 5.41 Å². The predicted molar refractivity (Wildman–Crippen MR) is 105 cm³/mol. The Hall–Kier alpha value is -2.76. The van der Waals surface area contributed by atoms with E-state index in [0.717, 1.165) is 28.9 Å². The molecule has 2 heterocycles. The van der Waals surface area contributed by atoms with Gasteiger partial charge in [0, 0.05) is 29.0 Å². The van der Waals surface area contributed by atoms with Crippen LogP contribution < -0.4 is 5.32 Å². The number of carbonyl (C=O) groups is 1. The van der Waals surface area contributed by atoms with Gasteiger partial charge in [-0.3, -0.25) is 4.79 Å².